The first-order chi connectivity index (χ1) is 9.70. The first kappa shape index (κ1) is 18.1. The normalized spacial score (nSPS) is 12.8. The molecule has 5 nitrogen and oxygen atoms in total. The van der Waals surface area contributed by atoms with E-state index in [4.69, 9.17) is 27.0 Å². The van der Waals surface area contributed by atoms with Gasteiger partial charge in [-0.25, -0.2) is 8.42 Å². The number of likely N-dealkylation sites (N-methyl/N-ethyl adjacent to an activating group) is 1. The van der Waals surface area contributed by atoms with Gasteiger partial charge in [-0.15, -0.1) is 0 Å². The molecule has 0 bridgehead atoms. The van der Waals surface area contributed by atoms with E-state index in [2.05, 4.69) is 0 Å². The van der Waals surface area contributed by atoms with Crippen LogP contribution in [-0.4, -0.2) is 38.4 Å². The molecule has 0 N–H and O–H groups in total. The number of ether oxygens (including phenoxy) is 1. The number of rotatable bonds is 6. The van der Waals surface area contributed by atoms with E-state index in [1.807, 2.05) is 13.8 Å². The minimum Gasteiger partial charge on any atom is -0.479 e. The molecular weight excluding hydrogens is 337 g/mol. The van der Waals surface area contributed by atoms with Crippen LogP contribution >= 0.6 is 22.3 Å². The first-order valence-corrected chi connectivity index (χ1v) is 9.09. The standard InChI is InChI=1S/C13H17Cl2NO4S/c1-4-16(5-2)13(17)9(3)20-12-7-6-10(8-11(12)14)21(15,18)19/h6-9H,4-5H2,1-3H3. The summed E-state index contributed by atoms with van der Waals surface area (Å²) in [5.41, 5.74) is 0. The molecule has 8 heteroatoms. The largest absolute Gasteiger partial charge is 0.479 e. The Morgan fingerprint density at radius 2 is 1.90 bits per heavy atom. The number of carbonyl (C=O) groups excluding carboxylic acids is 1. The van der Waals surface area contributed by atoms with Crippen LogP contribution in [0.25, 0.3) is 0 Å². The molecule has 1 amide bonds. The molecule has 0 aliphatic heterocycles. The molecule has 1 aromatic rings. The minimum absolute atomic E-state index is 0.0796. The third-order valence-corrected chi connectivity index (χ3v) is 4.56. The Bertz CT molecular complexity index is 615. The van der Waals surface area contributed by atoms with Gasteiger partial charge in [-0.2, -0.15) is 0 Å². The molecule has 1 rings (SSSR count). The number of nitrogens with zero attached hydrogens (tertiary/aromatic N) is 1. The first-order valence-electron chi connectivity index (χ1n) is 6.40. The van der Waals surface area contributed by atoms with Gasteiger partial charge in [0.1, 0.15) is 5.75 Å². The molecule has 21 heavy (non-hydrogen) atoms. The summed E-state index contributed by atoms with van der Waals surface area (Å²) in [7, 11) is 1.38. The zero-order valence-electron chi connectivity index (χ0n) is 12.0. The number of hydrogen-bond donors (Lipinski definition) is 0. The Labute approximate surface area is 134 Å². The highest BCUT2D eigenvalue weighted by Crippen LogP contribution is 2.29. The number of amides is 1. The third kappa shape index (κ3) is 4.76. The van der Waals surface area contributed by atoms with Crippen molar-refractivity contribution in [3.8, 4) is 5.75 Å². The molecule has 0 aromatic heterocycles. The van der Waals surface area contributed by atoms with Crippen LogP contribution in [0, 0.1) is 0 Å². The quantitative estimate of drug-likeness (QED) is 0.737. The summed E-state index contributed by atoms with van der Waals surface area (Å²) < 4.78 is 27.9. The van der Waals surface area contributed by atoms with Crippen LogP contribution in [-0.2, 0) is 13.8 Å². The summed E-state index contributed by atoms with van der Waals surface area (Å²) in [6, 6.07) is 3.84. The lowest BCUT2D eigenvalue weighted by Crippen LogP contribution is -2.40. The molecule has 0 saturated carbocycles. The fourth-order valence-electron chi connectivity index (χ4n) is 1.76. The topological polar surface area (TPSA) is 63.7 Å². The summed E-state index contributed by atoms with van der Waals surface area (Å²) in [5.74, 6) is 0.0684. The smallest absolute Gasteiger partial charge is 0.263 e. The molecule has 118 valence electrons. The Kier molecular flexibility index (Phi) is 6.31. The fraction of sp³-hybridized carbons (Fsp3) is 0.462. The summed E-state index contributed by atoms with van der Waals surface area (Å²) in [5, 5.41) is 0.0796. The van der Waals surface area contributed by atoms with Crippen molar-refractivity contribution in [1.29, 1.82) is 0 Å². The van der Waals surface area contributed by atoms with Gasteiger partial charge in [0.15, 0.2) is 6.10 Å². The highest BCUT2D eigenvalue weighted by Gasteiger charge is 2.21. The summed E-state index contributed by atoms with van der Waals surface area (Å²) in [4.78, 5) is 13.6. The molecule has 0 fully saturated rings. The van der Waals surface area contributed by atoms with E-state index in [1.54, 1.807) is 11.8 Å². The summed E-state index contributed by atoms with van der Waals surface area (Å²) in [6.07, 6.45) is -0.721. The van der Waals surface area contributed by atoms with Gasteiger partial charge in [-0.3, -0.25) is 4.79 Å². The predicted molar refractivity (Wildman–Crippen MR) is 82.5 cm³/mol. The second-order valence-corrected chi connectivity index (χ2v) is 7.27. The lowest BCUT2D eigenvalue weighted by molar-refractivity contribution is -0.137. The molecular formula is C13H17Cl2NO4S. The number of carbonyl (C=O) groups is 1. The SMILES string of the molecule is CCN(CC)C(=O)C(C)Oc1ccc(S(=O)(=O)Cl)cc1Cl. The highest BCUT2D eigenvalue weighted by atomic mass is 35.7. The molecule has 1 unspecified atom stereocenters. The van der Waals surface area contributed by atoms with Crippen molar-refractivity contribution < 1.29 is 17.9 Å². The molecule has 0 heterocycles. The van der Waals surface area contributed by atoms with Crippen molar-refractivity contribution >= 4 is 37.2 Å². The van der Waals surface area contributed by atoms with Crippen LogP contribution in [0.3, 0.4) is 0 Å². The van der Waals surface area contributed by atoms with E-state index >= 15 is 0 Å². The van der Waals surface area contributed by atoms with Crippen LogP contribution in [0.4, 0.5) is 0 Å². The predicted octanol–water partition coefficient (Wildman–Crippen LogP) is 2.90. The van der Waals surface area contributed by atoms with E-state index in [0.717, 1.165) is 0 Å². The van der Waals surface area contributed by atoms with Crippen LogP contribution in [0.2, 0.25) is 5.02 Å². The van der Waals surface area contributed by atoms with Crippen molar-refractivity contribution in [1.82, 2.24) is 4.90 Å². The lowest BCUT2D eigenvalue weighted by Gasteiger charge is -2.23. The average molecular weight is 354 g/mol. The molecule has 0 spiro atoms. The zero-order valence-corrected chi connectivity index (χ0v) is 14.3. The van der Waals surface area contributed by atoms with E-state index < -0.39 is 15.2 Å². The van der Waals surface area contributed by atoms with E-state index in [-0.39, 0.29) is 21.6 Å². The molecule has 1 atom stereocenters. The Morgan fingerprint density at radius 1 is 1.33 bits per heavy atom. The zero-order chi connectivity index (χ0) is 16.2. The third-order valence-electron chi connectivity index (χ3n) is 2.91. The van der Waals surface area contributed by atoms with Gasteiger partial charge in [0.05, 0.1) is 9.92 Å². The monoisotopic (exact) mass is 353 g/mol. The number of halogens is 2. The lowest BCUT2D eigenvalue weighted by atomic mass is 10.3. The molecule has 0 aliphatic rings. The van der Waals surface area contributed by atoms with Gasteiger partial charge >= 0.3 is 0 Å². The van der Waals surface area contributed by atoms with Gasteiger partial charge in [0, 0.05) is 23.8 Å². The summed E-state index contributed by atoms with van der Waals surface area (Å²) in [6.45, 7) is 6.53. The van der Waals surface area contributed by atoms with Crippen molar-refractivity contribution in [3.63, 3.8) is 0 Å². The van der Waals surface area contributed by atoms with E-state index in [9.17, 15) is 13.2 Å². The maximum atomic E-state index is 12.1. The van der Waals surface area contributed by atoms with Gasteiger partial charge in [-0.05, 0) is 39.0 Å². The van der Waals surface area contributed by atoms with Crippen LogP contribution in [0.5, 0.6) is 5.75 Å². The van der Waals surface area contributed by atoms with Crippen molar-refractivity contribution in [2.45, 2.75) is 31.8 Å². The van der Waals surface area contributed by atoms with Crippen LogP contribution < -0.4 is 4.74 Å². The van der Waals surface area contributed by atoms with E-state index in [1.165, 1.54) is 18.2 Å². The molecule has 0 saturated heterocycles. The number of benzene rings is 1. The number of hydrogen-bond acceptors (Lipinski definition) is 4. The van der Waals surface area contributed by atoms with Gasteiger partial charge in [-0.1, -0.05) is 11.6 Å². The Balaban J connectivity index is 2.91. The fourth-order valence-corrected chi connectivity index (χ4v) is 2.83. The molecule has 1 aromatic carbocycles. The maximum absolute atomic E-state index is 12.1. The van der Waals surface area contributed by atoms with Crippen molar-refractivity contribution in [2.24, 2.45) is 0 Å². The maximum Gasteiger partial charge on any atom is 0.263 e. The van der Waals surface area contributed by atoms with Crippen molar-refractivity contribution in [2.75, 3.05) is 13.1 Å². The van der Waals surface area contributed by atoms with Gasteiger partial charge in [0.25, 0.3) is 15.0 Å². The second-order valence-electron chi connectivity index (χ2n) is 4.30. The second kappa shape index (κ2) is 7.33. The summed E-state index contributed by atoms with van der Waals surface area (Å²) >= 11 is 5.96. The van der Waals surface area contributed by atoms with Gasteiger partial charge < -0.3 is 9.64 Å². The average Bonchev–Trinajstić information content (AvgIpc) is 2.41. The van der Waals surface area contributed by atoms with E-state index in [0.29, 0.717) is 13.1 Å². The molecule has 0 radical (unpaired) electrons. The highest BCUT2D eigenvalue weighted by molar-refractivity contribution is 8.13. The molecule has 0 aliphatic carbocycles. The Hall–Kier alpha value is -0.980. The Morgan fingerprint density at radius 3 is 2.33 bits per heavy atom. The van der Waals surface area contributed by atoms with Crippen LogP contribution in [0.1, 0.15) is 20.8 Å². The van der Waals surface area contributed by atoms with Crippen LogP contribution in [0.15, 0.2) is 23.1 Å². The van der Waals surface area contributed by atoms with Gasteiger partial charge in [0.2, 0.25) is 0 Å². The minimum atomic E-state index is -3.85. The van der Waals surface area contributed by atoms with Crippen molar-refractivity contribution in [3.05, 3.63) is 23.2 Å².